The van der Waals surface area contributed by atoms with Crippen molar-refractivity contribution in [1.82, 2.24) is 9.80 Å². The highest BCUT2D eigenvalue weighted by molar-refractivity contribution is 7.10. The van der Waals surface area contributed by atoms with E-state index in [9.17, 15) is 9.59 Å². The van der Waals surface area contributed by atoms with Crippen LogP contribution in [0, 0.1) is 0 Å². The van der Waals surface area contributed by atoms with Gasteiger partial charge >= 0.3 is 0 Å². The average Bonchev–Trinajstić information content (AvgIpc) is 3.36. The number of benzene rings is 2. The summed E-state index contributed by atoms with van der Waals surface area (Å²) in [7, 11) is 0. The summed E-state index contributed by atoms with van der Waals surface area (Å²) in [6, 6.07) is 19.3. The topological polar surface area (TPSA) is 49.9 Å². The molecule has 0 radical (unpaired) electrons. The van der Waals surface area contributed by atoms with Crippen molar-refractivity contribution in [3.63, 3.8) is 0 Å². The third kappa shape index (κ3) is 5.93. The summed E-state index contributed by atoms with van der Waals surface area (Å²) in [6.45, 7) is 7.99. The Bertz CT molecular complexity index is 1120. The lowest BCUT2D eigenvalue weighted by molar-refractivity contribution is -0.135. The molecule has 3 aromatic rings. The number of amides is 2. The molecule has 0 unspecified atom stereocenters. The highest BCUT2D eigenvalue weighted by Gasteiger charge is 2.33. The number of hydrogen-bond acceptors (Lipinski definition) is 4. The van der Waals surface area contributed by atoms with E-state index in [-0.39, 0.29) is 24.4 Å². The van der Waals surface area contributed by atoms with Crippen molar-refractivity contribution < 1.29 is 14.3 Å². The summed E-state index contributed by atoms with van der Waals surface area (Å²) in [5.74, 6) is 1.12. The van der Waals surface area contributed by atoms with Crippen LogP contribution in [0.2, 0.25) is 0 Å². The van der Waals surface area contributed by atoms with Crippen molar-refractivity contribution in [2.75, 3.05) is 26.2 Å². The molecule has 2 aromatic carbocycles. The Hall–Kier alpha value is -3.12. The van der Waals surface area contributed by atoms with Gasteiger partial charge in [0.2, 0.25) is 5.91 Å². The zero-order valence-corrected chi connectivity index (χ0v) is 21.6. The molecule has 6 heteroatoms. The van der Waals surface area contributed by atoms with Gasteiger partial charge in [0, 0.05) is 23.5 Å². The predicted octanol–water partition coefficient (Wildman–Crippen LogP) is 5.93. The Labute approximate surface area is 212 Å². The SMILES string of the molecule is CCCN(CC(=O)N1CCc2sccc2[C@H]1COc1ccc(C(C)C)cc1)C(=O)c1ccccc1. The molecule has 0 spiro atoms. The predicted molar refractivity (Wildman–Crippen MR) is 141 cm³/mol. The first-order chi connectivity index (χ1) is 17.0. The molecule has 1 aliphatic heterocycles. The first kappa shape index (κ1) is 25.0. The van der Waals surface area contributed by atoms with Gasteiger partial charge in [-0.2, -0.15) is 0 Å². The van der Waals surface area contributed by atoms with Gasteiger partial charge in [0.1, 0.15) is 18.9 Å². The monoisotopic (exact) mass is 490 g/mol. The highest BCUT2D eigenvalue weighted by Crippen LogP contribution is 2.34. The molecule has 184 valence electrons. The molecule has 1 atom stereocenters. The first-order valence-corrected chi connectivity index (χ1v) is 13.3. The fourth-order valence-electron chi connectivity index (χ4n) is 4.54. The van der Waals surface area contributed by atoms with Crippen molar-refractivity contribution in [2.24, 2.45) is 0 Å². The number of nitrogens with zero attached hydrogens (tertiary/aromatic N) is 2. The van der Waals surface area contributed by atoms with E-state index < -0.39 is 0 Å². The van der Waals surface area contributed by atoms with E-state index in [2.05, 4.69) is 37.4 Å². The number of carbonyl (C=O) groups excluding carboxylic acids is 2. The van der Waals surface area contributed by atoms with Crippen molar-refractivity contribution in [3.05, 3.63) is 87.6 Å². The number of thiophene rings is 1. The van der Waals surface area contributed by atoms with Crippen molar-refractivity contribution in [1.29, 1.82) is 0 Å². The smallest absolute Gasteiger partial charge is 0.254 e. The van der Waals surface area contributed by atoms with E-state index in [0.717, 1.165) is 24.2 Å². The molecular weight excluding hydrogens is 456 g/mol. The van der Waals surface area contributed by atoms with E-state index >= 15 is 0 Å². The maximum atomic E-state index is 13.6. The molecule has 0 aliphatic carbocycles. The summed E-state index contributed by atoms with van der Waals surface area (Å²) in [6.07, 6.45) is 1.62. The number of carbonyl (C=O) groups is 2. The van der Waals surface area contributed by atoms with Crippen LogP contribution < -0.4 is 4.74 Å². The second kappa shape index (κ2) is 11.5. The van der Waals surface area contributed by atoms with E-state index in [0.29, 0.717) is 31.2 Å². The number of hydrogen-bond donors (Lipinski definition) is 0. The minimum atomic E-state index is -0.169. The van der Waals surface area contributed by atoms with Gasteiger partial charge in [0.15, 0.2) is 0 Å². The van der Waals surface area contributed by atoms with Crippen LogP contribution >= 0.6 is 11.3 Å². The van der Waals surface area contributed by atoms with E-state index in [4.69, 9.17) is 4.74 Å². The van der Waals surface area contributed by atoms with Crippen LogP contribution in [0.5, 0.6) is 5.75 Å². The molecular formula is C29H34N2O3S. The summed E-state index contributed by atoms with van der Waals surface area (Å²) in [5.41, 5.74) is 3.04. The lowest BCUT2D eigenvalue weighted by atomic mass is 10.00. The summed E-state index contributed by atoms with van der Waals surface area (Å²) in [5, 5.41) is 2.09. The van der Waals surface area contributed by atoms with Crippen molar-refractivity contribution in [2.45, 2.75) is 45.6 Å². The fraction of sp³-hybridized carbons (Fsp3) is 0.379. The second-order valence-corrected chi connectivity index (χ2v) is 10.3. The van der Waals surface area contributed by atoms with Crippen LogP contribution in [-0.4, -0.2) is 47.9 Å². The number of rotatable bonds is 9. The van der Waals surface area contributed by atoms with Crippen molar-refractivity contribution >= 4 is 23.2 Å². The van der Waals surface area contributed by atoms with Gasteiger partial charge < -0.3 is 14.5 Å². The fourth-order valence-corrected chi connectivity index (χ4v) is 5.47. The van der Waals surface area contributed by atoms with Gasteiger partial charge in [-0.15, -0.1) is 11.3 Å². The molecule has 5 nitrogen and oxygen atoms in total. The summed E-state index contributed by atoms with van der Waals surface area (Å²) >= 11 is 1.74. The Kier molecular flexibility index (Phi) is 8.24. The molecule has 0 fully saturated rings. The maximum absolute atomic E-state index is 13.6. The lowest BCUT2D eigenvalue weighted by Crippen LogP contribution is -2.48. The Morgan fingerprint density at radius 2 is 1.83 bits per heavy atom. The van der Waals surface area contributed by atoms with Gasteiger partial charge in [0.05, 0.1) is 6.04 Å². The van der Waals surface area contributed by atoms with Crippen LogP contribution in [-0.2, 0) is 11.2 Å². The number of fused-ring (bicyclic) bond motifs is 1. The standard InChI is InChI=1S/C29H34N2O3S/c1-4-16-30(29(33)23-8-6-5-7-9-23)19-28(32)31-17-14-27-25(15-18-35-27)26(31)20-34-24-12-10-22(11-13-24)21(2)3/h5-13,15,18,21,26H,4,14,16-17,19-20H2,1-3H3/t26-/m1/s1. The molecule has 0 bridgehead atoms. The van der Waals surface area contributed by atoms with Crippen LogP contribution in [0.15, 0.2) is 66.0 Å². The van der Waals surface area contributed by atoms with Crippen LogP contribution in [0.3, 0.4) is 0 Å². The zero-order valence-electron chi connectivity index (χ0n) is 20.8. The van der Waals surface area contributed by atoms with Crippen LogP contribution in [0.1, 0.15) is 65.5 Å². The molecule has 2 amide bonds. The third-order valence-electron chi connectivity index (χ3n) is 6.50. The molecule has 4 rings (SSSR count). The zero-order chi connectivity index (χ0) is 24.8. The van der Waals surface area contributed by atoms with Gasteiger partial charge in [-0.25, -0.2) is 0 Å². The van der Waals surface area contributed by atoms with E-state index in [1.54, 1.807) is 28.4 Å². The van der Waals surface area contributed by atoms with E-state index in [1.807, 2.05) is 42.2 Å². The van der Waals surface area contributed by atoms with Crippen LogP contribution in [0.25, 0.3) is 0 Å². The van der Waals surface area contributed by atoms with E-state index in [1.165, 1.54) is 10.4 Å². The molecule has 1 aromatic heterocycles. The lowest BCUT2D eigenvalue weighted by Gasteiger charge is -2.37. The maximum Gasteiger partial charge on any atom is 0.254 e. The van der Waals surface area contributed by atoms with Gasteiger partial charge in [0.25, 0.3) is 5.91 Å². The average molecular weight is 491 g/mol. The molecule has 35 heavy (non-hydrogen) atoms. The normalized spacial score (nSPS) is 15.1. The van der Waals surface area contributed by atoms with Crippen molar-refractivity contribution in [3.8, 4) is 5.75 Å². The van der Waals surface area contributed by atoms with Gasteiger partial charge in [-0.05, 0) is 65.6 Å². The quantitative estimate of drug-likeness (QED) is 0.374. The largest absolute Gasteiger partial charge is 0.491 e. The minimum Gasteiger partial charge on any atom is -0.491 e. The molecule has 0 N–H and O–H groups in total. The Morgan fingerprint density at radius 3 is 2.51 bits per heavy atom. The Balaban J connectivity index is 1.50. The van der Waals surface area contributed by atoms with Gasteiger partial charge in [-0.3, -0.25) is 9.59 Å². The molecule has 0 saturated carbocycles. The second-order valence-electron chi connectivity index (χ2n) is 9.28. The summed E-state index contributed by atoms with van der Waals surface area (Å²) < 4.78 is 6.19. The Morgan fingerprint density at radius 1 is 1.09 bits per heavy atom. The molecule has 1 aliphatic rings. The molecule has 0 saturated heterocycles. The minimum absolute atomic E-state index is 0.0386. The first-order valence-electron chi connectivity index (χ1n) is 12.4. The number of ether oxygens (including phenoxy) is 1. The molecule has 2 heterocycles. The summed E-state index contributed by atoms with van der Waals surface area (Å²) in [4.78, 5) is 31.6. The van der Waals surface area contributed by atoms with Crippen LogP contribution in [0.4, 0.5) is 0 Å². The highest BCUT2D eigenvalue weighted by atomic mass is 32.1. The van der Waals surface area contributed by atoms with Gasteiger partial charge in [-0.1, -0.05) is 51.1 Å². The third-order valence-corrected chi connectivity index (χ3v) is 7.49.